The summed E-state index contributed by atoms with van der Waals surface area (Å²) in [5.41, 5.74) is 5.43. The van der Waals surface area contributed by atoms with Crippen molar-refractivity contribution in [3.05, 3.63) is 46.5 Å². The number of aromatic nitrogens is 1. The molecule has 0 fully saturated rings. The number of anilines is 1. The van der Waals surface area contributed by atoms with Crippen molar-refractivity contribution < 1.29 is 13.2 Å². The number of halogens is 3. The Labute approximate surface area is 99.9 Å². The molecule has 0 atom stereocenters. The second kappa shape index (κ2) is 4.37. The number of nitrogens with zero attached hydrogens (tertiary/aromatic N) is 1. The molecule has 2 N–H and O–H groups in total. The number of thiazole rings is 1. The highest BCUT2D eigenvalue weighted by molar-refractivity contribution is 7.15. The lowest BCUT2D eigenvalue weighted by atomic mass is 10.1. The van der Waals surface area contributed by atoms with Gasteiger partial charge in [0.2, 0.25) is 0 Å². The molecular weight excluding hydrogens is 249 g/mol. The van der Waals surface area contributed by atoms with Crippen LogP contribution in [0.3, 0.4) is 0 Å². The molecule has 0 unspecified atom stereocenters. The minimum atomic E-state index is -4.30. The SMILES string of the molecule is Nc1ncc(Cc2cccc(C(F)(F)F)c2)s1. The highest BCUT2D eigenvalue weighted by Crippen LogP contribution is 2.30. The van der Waals surface area contributed by atoms with Gasteiger partial charge in [0.15, 0.2) is 5.13 Å². The number of nitrogen functional groups attached to an aromatic ring is 1. The van der Waals surface area contributed by atoms with Crippen molar-refractivity contribution in [2.45, 2.75) is 12.6 Å². The Hall–Kier alpha value is -1.56. The minimum Gasteiger partial charge on any atom is -0.375 e. The summed E-state index contributed by atoms with van der Waals surface area (Å²) < 4.78 is 37.4. The minimum absolute atomic E-state index is 0.415. The Morgan fingerprint density at radius 2 is 2.06 bits per heavy atom. The van der Waals surface area contributed by atoms with Crippen LogP contribution in [-0.2, 0) is 12.6 Å². The zero-order chi connectivity index (χ0) is 12.5. The van der Waals surface area contributed by atoms with E-state index in [9.17, 15) is 13.2 Å². The van der Waals surface area contributed by atoms with E-state index in [0.717, 1.165) is 17.0 Å². The first-order chi connectivity index (χ1) is 7.95. The third kappa shape index (κ3) is 2.97. The fourth-order valence-corrected chi connectivity index (χ4v) is 2.18. The van der Waals surface area contributed by atoms with E-state index in [4.69, 9.17) is 5.73 Å². The van der Waals surface area contributed by atoms with Gasteiger partial charge in [0.1, 0.15) is 0 Å². The molecule has 0 radical (unpaired) electrons. The molecule has 0 aliphatic heterocycles. The van der Waals surface area contributed by atoms with Gasteiger partial charge < -0.3 is 5.73 Å². The van der Waals surface area contributed by atoms with Gasteiger partial charge >= 0.3 is 6.18 Å². The van der Waals surface area contributed by atoms with E-state index in [1.165, 1.54) is 17.4 Å². The van der Waals surface area contributed by atoms with Crippen molar-refractivity contribution in [3.8, 4) is 0 Å². The van der Waals surface area contributed by atoms with E-state index in [2.05, 4.69) is 4.98 Å². The van der Waals surface area contributed by atoms with Gasteiger partial charge in [-0.25, -0.2) is 4.98 Å². The second-order valence-corrected chi connectivity index (χ2v) is 4.69. The van der Waals surface area contributed by atoms with Gasteiger partial charge in [0.25, 0.3) is 0 Å². The standard InChI is InChI=1S/C11H9F3N2S/c12-11(13,14)8-3-1-2-7(4-8)5-9-6-16-10(15)17-9/h1-4,6H,5H2,(H2,15,16). The fraction of sp³-hybridized carbons (Fsp3) is 0.182. The predicted octanol–water partition coefficient (Wildman–Crippen LogP) is 3.33. The molecule has 1 aromatic carbocycles. The second-order valence-electron chi connectivity index (χ2n) is 3.54. The van der Waals surface area contributed by atoms with Gasteiger partial charge in [-0.15, -0.1) is 11.3 Å². The van der Waals surface area contributed by atoms with Gasteiger partial charge in [-0.3, -0.25) is 0 Å². The molecule has 0 bridgehead atoms. The summed E-state index contributed by atoms with van der Waals surface area (Å²) in [6, 6.07) is 5.27. The Morgan fingerprint density at radius 3 is 2.65 bits per heavy atom. The zero-order valence-electron chi connectivity index (χ0n) is 8.66. The summed E-state index contributed by atoms with van der Waals surface area (Å²) in [5.74, 6) is 0. The largest absolute Gasteiger partial charge is 0.416 e. The summed E-state index contributed by atoms with van der Waals surface area (Å²) >= 11 is 1.28. The summed E-state index contributed by atoms with van der Waals surface area (Å²) in [4.78, 5) is 4.71. The molecule has 2 nitrogen and oxygen atoms in total. The number of alkyl halides is 3. The molecule has 2 rings (SSSR count). The van der Waals surface area contributed by atoms with Crippen molar-refractivity contribution in [3.63, 3.8) is 0 Å². The molecule has 0 spiro atoms. The van der Waals surface area contributed by atoms with Gasteiger partial charge in [-0.05, 0) is 11.6 Å². The molecule has 1 heterocycles. The van der Waals surface area contributed by atoms with Gasteiger partial charge in [-0.1, -0.05) is 18.2 Å². The number of rotatable bonds is 2. The summed E-state index contributed by atoms with van der Waals surface area (Å²) in [7, 11) is 0. The van der Waals surface area contributed by atoms with E-state index < -0.39 is 11.7 Å². The topological polar surface area (TPSA) is 38.9 Å². The molecule has 17 heavy (non-hydrogen) atoms. The normalized spacial score (nSPS) is 11.7. The summed E-state index contributed by atoms with van der Waals surface area (Å²) in [6.45, 7) is 0. The molecule has 90 valence electrons. The van der Waals surface area contributed by atoms with E-state index in [1.807, 2.05) is 0 Å². The van der Waals surface area contributed by atoms with E-state index in [-0.39, 0.29) is 0 Å². The van der Waals surface area contributed by atoms with Crippen molar-refractivity contribution >= 4 is 16.5 Å². The molecular formula is C11H9F3N2S. The number of benzene rings is 1. The Morgan fingerprint density at radius 1 is 1.29 bits per heavy atom. The van der Waals surface area contributed by atoms with Crippen molar-refractivity contribution in [2.24, 2.45) is 0 Å². The van der Waals surface area contributed by atoms with Crippen LogP contribution >= 0.6 is 11.3 Å². The monoisotopic (exact) mass is 258 g/mol. The maximum absolute atomic E-state index is 12.5. The van der Waals surface area contributed by atoms with Crippen molar-refractivity contribution in [1.29, 1.82) is 0 Å². The molecule has 1 aromatic heterocycles. The maximum atomic E-state index is 12.5. The van der Waals surface area contributed by atoms with Crippen LogP contribution in [0.25, 0.3) is 0 Å². The maximum Gasteiger partial charge on any atom is 0.416 e. The first-order valence-electron chi connectivity index (χ1n) is 4.81. The summed E-state index contributed by atoms with van der Waals surface area (Å²) in [5, 5.41) is 0.423. The van der Waals surface area contributed by atoms with Crippen molar-refractivity contribution in [2.75, 3.05) is 5.73 Å². The first-order valence-corrected chi connectivity index (χ1v) is 5.63. The van der Waals surface area contributed by atoms with Crippen LogP contribution in [0.2, 0.25) is 0 Å². The third-order valence-corrected chi connectivity index (χ3v) is 3.03. The quantitative estimate of drug-likeness (QED) is 0.897. The van der Waals surface area contributed by atoms with Crippen LogP contribution in [0, 0.1) is 0 Å². The van der Waals surface area contributed by atoms with Gasteiger partial charge in [0, 0.05) is 17.5 Å². The van der Waals surface area contributed by atoms with E-state index in [1.54, 1.807) is 12.3 Å². The number of hydrogen-bond donors (Lipinski definition) is 1. The number of nitrogens with two attached hydrogens (primary N) is 1. The molecule has 0 saturated carbocycles. The lowest BCUT2D eigenvalue weighted by molar-refractivity contribution is -0.137. The van der Waals surface area contributed by atoms with Gasteiger partial charge in [0.05, 0.1) is 5.56 Å². The van der Waals surface area contributed by atoms with Crippen LogP contribution in [0.15, 0.2) is 30.5 Å². The lowest BCUT2D eigenvalue weighted by Gasteiger charge is -2.07. The number of hydrogen-bond acceptors (Lipinski definition) is 3. The van der Waals surface area contributed by atoms with Crippen LogP contribution < -0.4 is 5.73 Å². The molecule has 0 aliphatic rings. The third-order valence-electron chi connectivity index (χ3n) is 2.20. The Kier molecular flexibility index (Phi) is 3.06. The zero-order valence-corrected chi connectivity index (χ0v) is 9.48. The highest BCUT2D eigenvalue weighted by Gasteiger charge is 2.30. The van der Waals surface area contributed by atoms with Crippen LogP contribution in [0.4, 0.5) is 18.3 Å². The Bertz CT molecular complexity index is 519. The molecule has 0 aliphatic carbocycles. The van der Waals surface area contributed by atoms with Crippen LogP contribution in [0.1, 0.15) is 16.0 Å². The molecule has 6 heteroatoms. The predicted molar refractivity (Wildman–Crippen MR) is 60.8 cm³/mol. The van der Waals surface area contributed by atoms with Crippen LogP contribution in [-0.4, -0.2) is 4.98 Å². The fourth-order valence-electron chi connectivity index (χ4n) is 1.46. The summed E-state index contributed by atoms with van der Waals surface area (Å²) in [6.07, 6.45) is -2.30. The smallest absolute Gasteiger partial charge is 0.375 e. The lowest BCUT2D eigenvalue weighted by Crippen LogP contribution is -2.05. The molecule has 0 saturated heterocycles. The van der Waals surface area contributed by atoms with Crippen molar-refractivity contribution in [1.82, 2.24) is 4.98 Å². The average Bonchev–Trinajstić information content (AvgIpc) is 2.63. The van der Waals surface area contributed by atoms with Gasteiger partial charge in [-0.2, -0.15) is 13.2 Å². The van der Waals surface area contributed by atoms with E-state index >= 15 is 0 Å². The molecule has 0 amide bonds. The van der Waals surface area contributed by atoms with Crippen LogP contribution in [0.5, 0.6) is 0 Å². The first kappa shape index (κ1) is 11.9. The highest BCUT2D eigenvalue weighted by atomic mass is 32.1. The Balaban J connectivity index is 2.22. The average molecular weight is 258 g/mol. The molecule has 2 aromatic rings. The van der Waals surface area contributed by atoms with E-state index in [0.29, 0.717) is 17.1 Å².